The number of isocyanates is 2. The maximum Gasteiger partial charge on any atom is 0.417 e. The van der Waals surface area contributed by atoms with E-state index in [0.29, 0.717) is 25.8 Å². The Hall–Kier alpha value is -2.50. The third-order valence-electron chi connectivity index (χ3n) is 7.71. The lowest BCUT2D eigenvalue weighted by Crippen LogP contribution is -2.53. The number of rotatable bonds is 9. The summed E-state index contributed by atoms with van der Waals surface area (Å²) in [7, 11) is 0. The van der Waals surface area contributed by atoms with Crippen LogP contribution >= 0.6 is 0 Å². The monoisotopic (exact) mass is 518 g/mol. The molecule has 9 nitrogen and oxygen atoms in total. The van der Waals surface area contributed by atoms with Gasteiger partial charge in [0.15, 0.2) is 0 Å². The van der Waals surface area contributed by atoms with Gasteiger partial charge in [0.2, 0.25) is 12.2 Å². The number of imide groups is 1. The highest BCUT2D eigenvalue weighted by Gasteiger charge is 2.45. The van der Waals surface area contributed by atoms with Crippen molar-refractivity contribution in [3.8, 4) is 0 Å². The van der Waals surface area contributed by atoms with E-state index in [1.165, 1.54) is 4.90 Å². The van der Waals surface area contributed by atoms with E-state index in [1.807, 2.05) is 13.8 Å². The minimum Gasteiger partial charge on any atom is -0.449 e. The molecule has 0 heterocycles. The largest absolute Gasteiger partial charge is 0.449 e. The highest BCUT2D eigenvalue weighted by atomic mass is 16.6. The van der Waals surface area contributed by atoms with Crippen molar-refractivity contribution in [3.05, 3.63) is 0 Å². The summed E-state index contributed by atoms with van der Waals surface area (Å²) < 4.78 is 5.46. The Labute approximate surface area is 221 Å². The van der Waals surface area contributed by atoms with E-state index in [-0.39, 0.29) is 41.5 Å². The molecule has 4 unspecified atom stereocenters. The highest BCUT2D eigenvalue weighted by Crippen LogP contribution is 2.48. The van der Waals surface area contributed by atoms with Crippen LogP contribution in [0.15, 0.2) is 9.98 Å². The fraction of sp³-hybridized carbons (Fsp3) is 0.857. The number of hydrogen-bond donors (Lipinski definition) is 1. The van der Waals surface area contributed by atoms with Crippen LogP contribution in [0.5, 0.6) is 0 Å². The van der Waals surface area contributed by atoms with Crippen molar-refractivity contribution in [2.45, 2.75) is 112 Å². The van der Waals surface area contributed by atoms with Crippen molar-refractivity contribution in [2.75, 3.05) is 19.7 Å². The van der Waals surface area contributed by atoms with Crippen molar-refractivity contribution >= 4 is 24.3 Å². The molecule has 0 aliphatic heterocycles. The van der Waals surface area contributed by atoms with Gasteiger partial charge < -0.3 is 10.1 Å². The van der Waals surface area contributed by atoms with Crippen LogP contribution in [0.3, 0.4) is 0 Å². The number of urea groups is 1. The fourth-order valence-corrected chi connectivity index (χ4v) is 7.11. The number of carbonyl (C=O) groups is 2. The first-order valence-electron chi connectivity index (χ1n) is 13.5. The van der Waals surface area contributed by atoms with Gasteiger partial charge in [-0.1, -0.05) is 54.9 Å². The number of hydrogen-bond acceptors (Lipinski definition) is 7. The maximum absolute atomic E-state index is 13.5. The van der Waals surface area contributed by atoms with Gasteiger partial charge in [0, 0.05) is 13.1 Å². The Morgan fingerprint density at radius 3 is 1.92 bits per heavy atom. The second-order valence-electron chi connectivity index (χ2n) is 13.6. The summed E-state index contributed by atoms with van der Waals surface area (Å²) in [5, 5.41) is 2.99. The Morgan fingerprint density at radius 2 is 1.41 bits per heavy atom. The van der Waals surface area contributed by atoms with Crippen molar-refractivity contribution in [3.63, 3.8) is 0 Å². The number of carbonyl (C=O) groups excluding carboxylic acids is 4. The summed E-state index contributed by atoms with van der Waals surface area (Å²) in [5.74, 6) is 0. The number of amides is 3. The average molecular weight is 519 g/mol. The van der Waals surface area contributed by atoms with Crippen molar-refractivity contribution in [2.24, 2.45) is 31.6 Å². The molecule has 0 radical (unpaired) electrons. The quantitative estimate of drug-likeness (QED) is 0.236. The molecule has 0 saturated heterocycles. The van der Waals surface area contributed by atoms with Crippen LogP contribution in [-0.4, -0.2) is 61.0 Å². The molecule has 0 spiro atoms. The first kappa shape index (κ1) is 30.7. The molecule has 0 aromatic rings. The molecule has 0 aromatic heterocycles. The molecule has 2 aliphatic rings. The van der Waals surface area contributed by atoms with Crippen LogP contribution in [0, 0.1) is 21.7 Å². The predicted molar refractivity (Wildman–Crippen MR) is 142 cm³/mol. The lowest BCUT2D eigenvalue weighted by molar-refractivity contribution is 0.0440. The summed E-state index contributed by atoms with van der Waals surface area (Å²) >= 11 is 0. The minimum atomic E-state index is -0.663. The second kappa shape index (κ2) is 12.4. The summed E-state index contributed by atoms with van der Waals surface area (Å²) in [6.45, 7) is 15.4. The summed E-state index contributed by atoms with van der Waals surface area (Å²) in [6, 6.07) is -0.843. The number of nitrogens with one attached hydrogen (secondary N) is 1. The molecule has 3 amide bonds. The summed E-state index contributed by atoms with van der Waals surface area (Å²) in [5.41, 5.74) is -0.882. The number of aliphatic imine (C=N–C) groups is 2. The van der Waals surface area contributed by atoms with Crippen LogP contribution in [-0.2, 0) is 14.3 Å². The van der Waals surface area contributed by atoms with E-state index in [4.69, 9.17) is 4.74 Å². The van der Waals surface area contributed by atoms with E-state index < -0.39 is 17.5 Å². The molecule has 0 aromatic carbocycles. The van der Waals surface area contributed by atoms with Gasteiger partial charge in [-0.25, -0.2) is 34.1 Å². The molecule has 208 valence electrons. The third kappa shape index (κ3) is 9.39. The Bertz CT molecular complexity index is 922. The molecule has 4 atom stereocenters. The topological polar surface area (TPSA) is 118 Å². The van der Waals surface area contributed by atoms with Crippen molar-refractivity contribution in [1.29, 1.82) is 0 Å². The number of nitrogens with zero attached hydrogens (tertiary/aromatic N) is 3. The Balaban J connectivity index is 2.22. The Morgan fingerprint density at radius 1 is 0.892 bits per heavy atom. The van der Waals surface area contributed by atoms with Crippen LogP contribution in [0.2, 0.25) is 0 Å². The third-order valence-corrected chi connectivity index (χ3v) is 7.71. The summed E-state index contributed by atoms with van der Waals surface area (Å²) in [4.78, 5) is 57.7. The normalized spacial score (nSPS) is 30.2. The maximum atomic E-state index is 13.5. The van der Waals surface area contributed by atoms with Crippen molar-refractivity contribution < 1.29 is 23.9 Å². The van der Waals surface area contributed by atoms with Crippen LogP contribution < -0.4 is 5.32 Å². The van der Waals surface area contributed by atoms with E-state index in [1.54, 1.807) is 12.2 Å². The molecule has 0 bridgehead atoms. The molecule has 2 rings (SSSR count). The smallest absolute Gasteiger partial charge is 0.417 e. The van der Waals surface area contributed by atoms with Gasteiger partial charge in [-0.2, -0.15) is 0 Å². The number of ether oxygens (including phenoxy) is 1. The van der Waals surface area contributed by atoms with E-state index in [2.05, 4.69) is 49.9 Å². The van der Waals surface area contributed by atoms with Gasteiger partial charge in [-0.05, 0) is 66.6 Å². The number of unbranched alkanes of at least 4 members (excludes halogenated alkanes) is 1. The molecule has 37 heavy (non-hydrogen) atoms. The zero-order valence-corrected chi connectivity index (χ0v) is 23.8. The van der Waals surface area contributed by atoms with Gasteiger partial charge in [-0.3, -0.25) is 0 Å². The van der Waals surface area contributed by atoms with Crippen LogP contribution in [0.25, 0.3) is 0 Å². The van der Waals surface area contributed by atoms with E-state index in [9.17, 15) is 19.2 Å². The van der Waals surface area contributed by atoms with Gasteiger partial charge >= 0.3 is 12.1 Å². The SMILES string of the molecule is CCCCOC(=O)N(CC1(C)CC(N=C=O)CC(C)(C)C1)C(=O)NCC1(C)CC(N=C=O)CC(C)(C)C1. The minimum absolute atomic E-state index is 0.0449. The second-order valence-corrected chi connectivity index (χ2v) is 13.6. The van der Waals surface area contributed by atoms with E-state index in [0.717, 1.165) is 32.1 Å². The Kier molecular flexibility index (Phi) is 10.3. The molecule has 2 saturated carbocycles. The summed E-state index contributed by atoms with van der Waals surface area (Å²) in [6.07, 6.45) is 8.70. The standard InChI is InChI=1S/C28H46N4O5/c1-8-9-10-37-24(36)32(18-28(7)14-22(31-20-34)12-26(4,5)16-28)23(35)29-17-27(6)13-21(30-19-33)11-25(2,3)15-27/h21-22H,8-18H2,1-7H3,(H,29,35). The van der Waals surface area contributed by atoms with Crippen LogP contribution in [0.4, 0.5) is 9.59 Å². The van der Waals surface area contributed by atoms with E-state index >= 15 is 0 Å². The van der Waals surface area contributed by atoms with Gasteiger partial charge in [0.05, 0.1) is 18.7 Å². The highest BCUT2D eigenvalue weighted by molar-refractivity contribution is 5.91. The zero-order valence-electron chi connectivity index (χ0n) is 23.8. The van der Waals surface area contributed by atoms with Gasteiger partial charge in [0.1, 0.15) is 0 Å². The first-order chi connectivity index (χ1) is 17.2. The average Bonchev–Trinajstić information content (AvgIpc) is 2.74. The van der Waals surface area contributed by atoms with Crippen LogP contribution in [0.1, 0.15) is 99.8 Å². The van der Waals surface area contributed by atoms with Gasteiger partial charge in [-0.15, -0.1) is 0 Å². The van der Waals surface area contributed by atoms with Gasteiger partial charge in [0.25, 0.3) is 0 Å². The lowest BCUT2D eigenvalue weighted by Gasteiger charge is -2.47. The van der Waals surface area contributed by atoms with Crippen molar-refractivity contribution in [1.82, 2.24) is 10.2 Å². The fourth-order valence-electron chi connectivity index (χ4n) is 7.11. The molecule has 2 aliphatic carbocycles. The molecule has 9 heteroatoms. The molecular formula is C28H46N4O5. The zero-order chi connectivity index (χ0) is 27.9. The molecular weight excluding hydrogens is 472 g/mol. The first-order valence-corrected chi connectivity index (χ1v) is 13.5. The predicted octanol–water partition coefficient (Wildman–Crippen LogP) is 5.78. The molecule has 2 fully saturated rings. The lowest BCUT2D eigenvalue weighted by atomic mass is 9.62. The molecule has 1 N–H and O–H groups in total.